The first-order valence-electron chi connectivity index (χ1n) is 8.31. The Hall–Kier alpha value is -1.59. The number of nitrogens with zero attached hydrogens (tertiary/aromatic N) is 1. The highest BCUT2D eigenvalue weighted by molar-refractivity contribution is 5.98. The Morgan fingerprint density at radius 2 is 1.88 bits per heavy atom. The van der Waals surface area contributed by atoms with Crippen LogP contribution in [0.3, 0.4) is 0 Å². The second-order valence-electron chi connectivity index (χ2n) is 5.95. The predicted molar refractivity (Wildman–Crippen MR) is 97.1 cm³/mol. The van der Waals surface area contributed by atoms with Crippen molar-refractivity contribution in [3.63, 3.8) is 0 Å². The molecule has 24 heavy (non-hydrogen) atoms. The van der Waals surface area contributed by atoms with Crippen LogP contribution in [0.1, 0.15) is 44.0 Å². The van der Waals surface area contributed by atoms with E-state index in [1.807, 2.05) is 18.7 Å². The van der Waals surface area contributed by atoms with Gasteiger partial charge in [0, 0.05) is 43.6 Å². The Bertz CT molecular complexity index is 548. The highest BCUT2D eigenvalue weighted by Gasteiger charge is 2.27. The second kappa shape index (κ2) is 9.64. The number of amides is 1. The van der Waals surface area contributed by atoms with Crippen LogP contribution in [0.25, 0.3) is 0 Å². The van der Waals surface area contributed by atoms with Crippen molar-refractivity contribution in [1.82, 2.24) is 10.2 Å². The number of halogens is 1. The fourth-order valence-corrected chi connectivity index (χ4v) is 2.82. The largest absolute Gasteiger partial charge is 0.494 e. The van der Waals surface area contributed by atoms with Crippen LogP contribution >= 0.6 is 12.4 Å². The van der Waals surface area contributed by atoms with Gasteiger partial charge in [0.25, 0.3) is 0 Å². The van der Waals surface area contributed by atoms with Gasteiger partial charge in [0.2, 0.25) is 5.91 Å². The van der Waals surface area contributed by atoms with Gasteiger partial charge >= 0.3 is 0 Å². The molecule has 0 radical (unpaired) electrons. The van der Waals surface area contributed by atoms with Crippen molar-refractivity contribution >= 4 is 24.1 Å². The summed E-state index contributed by atoms with van der Waals surface area (Å²) in [6.07, 6.45) is 0.515. The van der Waals surface area contributed by atoms with E-state index in [-0.39, 0.29) is 49.0 Å². The molecule has 1 saturated heterocycles. The highest BCUT2D eigenvalue weighted by atomic mass is 35.5. The van der Waals surface area contributed by atoms with Gasteiger partial charge in [0.15, 0.2) is 5.78 Å². The number of ketones is 1. The summed E-state index contributed by atoms with van der Waals surface area (Å²) in [5.74, 6) is 0.811. The van der Waals surface area contributed by atoms with Gasteiger partial charge in [-0.05, 0) is 45.0 Å². The van der Waals surface area contributed by atoms with E-state index in [9.17, 15) is 9.59 Å². The van der Waals surface area contributed by atoms with Crippen molar-refractivity contribution < 1.29 is 14.3 Å². The molecule has 0 spiro atoms. The van der Waals surface area contributed by atoms with Crippen LogP contribution in [0.15, 0.2) is 24.3 Å². The zero-order valence-electron chi connectivity index (χ0n) is 14.6. The lowest BCUT2D eigenvalue weighted by Crippen LogP contribution is -2.57. The second-order valence-corrected chi connectivity index (χ2v) is 5.95. The van der Waals surface area contributed by atoms with E-state index in [1.54, 1.807) is 24.3 Å². The highest BCUT2D eigenvalue weighted by Crippen LogP contribution is 2.16. The number of piperazine rings is 1. The minimum Gasteiger partial charge on any atom is -0.494 e. The normalized spacial score (nSPS) is 20.2. The van der Waals surface area contributed by atoms with Crippen LogP contribution in [0.4, 0.5) is 0 Å². The molecule has 1 amide bonds. The maximum Gasteiger partial charge on any atom is 0.223 e. The van der Waals surface area contributed by atoms with Crippen LogP contribution in [0, 0.1) is 0 Å². The number of rotatable bonds is 6. The van der Waals surface area contributed by atoms with E-state index in [0.29, 0.717) is 18.7 Å². The predicted octanol–water partition coefficient (Wildman–Crippen LogP) is 2.68. The molecule has 0 aromatic heterocycles. The number of hydrogen-bond acceptors (Lipinski definition) is 4. The van der Waals surface area contributed by atoms with Crippen LogP contribution < -0.4 is 10.1 Å². The number of carbonyl (C=O) groups excluding carboxylic acids is 2. The third-order valence-electron chi connectivity index (χ3n) is 4.41. The molecule has 2 atom stereocenters. The molecule has 1 N–H and O–H groups in total. The lowest BCUT2D eigenvalue weighted by atomic mass is 10.0. The zero-order valence-corrected chi connectivity index (χ0v) is 15.4. The molecule has 2 unspecified atom stereocenters. The summed E-state index contributed by atoms with van der Waals surface area (Å²) < 4.78 is 5.36. The third kappa shape index (κ3) is 5.21. The lowest BCUT2D eigenvalue weighted by Gasteiger charge is -2.38. The van der Waals surface area contributed by atoms with Gasteiger partial charge in [-0.15, -0.1) is 12.4 Å². The Morgan fingerprint density at radius 3 is 2.50 bits per heavy atom. The van der Waals surface area contributed by atoms with E-state index >= 15 is 0 Å². The maximum atomic E-state index is 12.4. The Labute approximate surface area is 150 Å². The summed E-state index contributed by atoms with van der Waals surface area (Å²) in [5.41, 5.74) is 0.628. The monoisotopic (exact) mass is 354 g/mol. The Kier molecular flexibility index (Phi) is 8.22. The van der Waals surface area contributed by atoms with Crippen LogP contribution in [-0.4, -0.2) is 48.4 Å². The van der Waals surface area contributed by atoms with Crippen molar-refractivity contribution in [2.45, 2.75) is 45.7 Å². The minimum atomic E-state index is -0.00256. The summed E-state index contributed by atoms with van der Waals surface area (Å²) in [4.78, 5) is 26.5. The number of ether oxygens (including phenoxy) is 1. The van der Waals surface area contributed by atoms with Crippen molar-refractivity contribution in [3.05, 3.63) is 29.8 Å². The molecule has 1 heterocycles. The number of carbonyl (C=O) groups is 2. The lowest BCUT2D eigenvalue weighted by molar-refractivity contribution is -0.134. The molecular formula is C18H27ClN2O3. The number of hydrogen-bond donors (Lipinski definition) is 1. The fraction of sp³-hybridized carbons (Fsp3) is 0.556. The van der Waals surface area contributed by atoms with E-state index < -0.39 is 0 Å². The first-order valence-corrected chi connectivity index (χ1v) is 8.31. The van der Waals surface area contributed by atoms with Crippen molar-refractivity contribution in [1.29, 1.82) is 0 Å². The molecule has 0 saturated carbocycles. The summed E-state index contributed by atoms with van der Waals surface area (Å²) in [6, 6.07) is 7.55. The summed E-state index contributed by atoms with van der Waals surface area (Å²) in [6.45, 7) is 8.16. The molecule has 1 aromatic carbocycles. The van der Waals surface area contributed by atoms with Gasteiger partial charge in [0.1, 0.15) is 5.75 Å². The number of nitrogens with one attached hydrogen (secondary N) is 1. The molecule has 1 aliphatic rings. The van der Waals surface area contributed by atoms with E-state index in [0.717, 1.165) is 12.3 Å². The SMILES string of the molecule is CCOc1ccc(C(=O)CCC(=O)N2CCNC(C)C2C)cc1.Cl. The summed E-state index contributed by atoms with van der Waals surface area (Å²) >= 11 is 0. The standard InChI is InChI=1S/C18H26N2O3.ClH/c1-4-23-16-7-5-15(6-8-16)17(21)9-10-18(22)20-12-11-19-13(2)14(20)3;/h5-8,13-14,19H,4,9-12H2,1-3H3;1H. The first kappa shape index (κ1) is 20.5. The molecule has 2 rings (SSSR count). The average molecular weight is 355 g/mol. The third-order valence-corrected chi connectivity index (χ3v) is 4.41. The fourth-order valence-electron chi connectivity index (χ4n) is 2.82. The van der Waals surface area contributed by atoms with Crippen molar-refractivity contribution in [3.8, 4) is 5.75 Å². The minimum absolute atomic E-state index is 0. The molecule has 1 aromatic rings. The van der Waals surface area contributed by atoms with E-state index in [2.05, 4.69) is 12.2 Å². The Morgan fingerprint density at radius 1 is 1.21 bits per heavy atom. The molecule has 1 fully saturated rings. The van der Waals surface area contributed by atoms with E-state index in [1.165, 1.54) is 0 Å². The first-order chi connectivity index (χ1) is 11.0. The zero-order chi connectivity index (χ0) is 16.8. The van der Waals surface area contributed by atoms with Crippen molar-refractivity contribution in [2.24, 2.45) is 0 Å². The summed E-state index contributed by atoms with van der Waals surface area (Å²) in [5, 5.41) is 3.35. The quantitative estimate of drug-likeness (QED) is 0.798. The maximum absolute atomic E-state index is 12.4. The van der Waals surface area contributed by atoms with Crippen LogP contribution in [-0.2, 0) is 4.79 Å². The van der Waals surface area contributed by atoms with Gasteiger partial charge in [-0.1, -0.05) is 0 Å². The average Bonchev–Trinajstić information content (AvgIpc) is 2.56. The molecule has 134 valence electrons. The molecule has 1 aliphatic heterocycles. The van der Waals surface area contributed by atoms with E-state index in [4.69, 9.17) is 4.74 Å². The molecular weight excluding hydrogens is 328 g/mol. The molecule has 5 nitrogen and oxygen atoms in total. The van der Waals surface area contributed by atoms with Crippen LogP contribution in [0.2, 0.25) is 0 Å². The molecule has 0 bridgehead atoms. The molecule has 6 heteroatoms. The van der Waals surface area contributed by atoms with Gasteiger partial charge in [-0.2, -0.15) is 0 Å². The van der Waals surface area contributed by atoms with Crippen LogP contribution in [0.5, 0.6) is 5.75 Å². The summed E-state index contributed by atoms with van der Waals surface area (Å²) in [7, 11) is 0. The van der Waals surface area contributed by atoms with Gasteiger partial charge < -0.3 is 15.0 Å². The van der Waals surface area contributed by atoms with Gasteiger partial charge in [-0.3, -0.25) is 9.59 Å². The molecule has 0 aliphatic carbocycles. The number of benzene rings is 1. The van der Waals surface area contributed by atoms with Gasteiger partial charge in [0.05, 0.1) is 6.61 Å². The topological polar surface area (TPSA) is 58.6 Å². The Balaban J connectivity index is 0.00000288. The number of Topliss-reactive ketones (excluding diaryl/α,β-unsaturated/α-hetero) is 1. The van der Waals surface area contributed by atoms with Gasteiger partial charge in [-0.25, -0.2) is 0 Å². The van der Waals surface area contributed by atoms with Crippen molar-refractivity contribution in [2.75, 3.05) is 19.7 Å². The smallest absolute Gasteiger partial charge is 0.223 e.